The minimum Gasteiger partial charge on any atom is -0.395 e. The molecule has 0 bridgehead atoms. The van der Waals surface area contributed by atoms with Crippen molar-refractivity contribution in [3.63, 3.8) is 0 Å². The number of fused-ring (bicyclic) bond motifs is 1. The maximum Gasteiger partial charge on any atom is 0.381 e. The molecule has 3 aliphatic carbocycles. The number of alkyl halides is 3. The van der Waals surface area contributed by atoms with Crippen LogP contribution in [0.4, 0.5) is 35.1 Å². The van der Waals surface area contributed by atoms with Crippen molar-refractivity contribution in [2.45, 2.75) is 168 Å². The predicted molar refractivity (Wildman–Crippen MR) is 303 cm³/mol. The molecule has 0 spiro atoms. The number of halogens is 8. The van der Waals surface area contributed by atoms with Gasteiger partial charge in [0, 0.05) is 83.7 Å². The van der Waals surface area contributed by atoms with Gasteiger partial charge in [-0.05, 0) is 97.7 Å². The zero-order valence-corrected chi connectivity index (χ0v) is 55.4. The normalized spacial score (nSPS) is 17.2. The van der Waals surface area contributed by atoms with Crippen molar-refractivity contribution in [1.29, 1.82) is 0 Å². The minimum absolute atomic E-state index is 0. The van der Waals surface area contributed by atoms with Crippen molar-refractivity contribution in [3.8, 4) is 33.6 Å². The molecule has 3 unspecified atom stereocenters. The zero-order chi connectivity index (χ0) is 57.9. The van der Waals surface area contributed by atoms with E-state index in [0.717, 1.165) is 73.0 Å². The van der Waals surface area contributed by atoms with E-state index in [-0.39, 0.29) is 94.0 Å². The van der Waals surface area contributed by atoms with E-state index in [1.807, 2.05) is 24.4 Å². The van der Waals surface area contributed by atoms with Gasteiger partial charge in [-0.3, -0.25) is 5.56 Å². The molecule has 8 aromatic rings. The van der Waals surface area contributed by atoms with Gasteiger partial charge in [-0.25, -0.2) is 39.6 Å². The topological polar surface area (TPSA) is 84.9 Å². The molecule has 4 aromatic carbocycles. The summed E-state index contributed by atoms with van der Waals surface area (Å²) in [4.78, 5) is 7.93. The molecular formula is C65H70F8Ir2N6OPPd-3. The molecular weight excluding hydrogens is 1550 g/mol. The van der Waals surface area contributed by atoms with Crippen molar-refractivity contribution in [3.05, 3.63) is 167 Å². The molecule has 458 valence electrons. The van der Waals surface area contributed by atoms with E-state index in [1.165, 1.54) is 93.8 Å². The van der Waals surface area contributed by atoms with Crippen LogP contribution in [-0.2, 0) is 78.4 Å². The second-order valence-electron chi connectivity index (χ2n) is 24.0. The number of hydrogen-bond acceptors (Lipinski definition) is 5. The van der Waals surface area contributed by atoms with Gasteiger partial charge in [0.2, 0.25) is 11.7 Å². The van der Waals surface area contributed by atoms with Crippen LogP contribution in [0.3, 0.4) is 0 Å². The smallest absolute Gasteiger partial charge is 0.381 e. The van der Waals surface area contributed by atoms with Crippen molar-refractivity contribution >= 4 is 19.4 Å². The van der Waals surface area contributed by atoms with Crippen molar-refractivity contribution in [2.24, 2.45) is 16.2 Å². The summed E-state index contributed by atoms with van der Waals surface area (Å²) in [5.74, 6) is -6.47. The average Bonchev–Trinajstić information content (AvgIpc) is 4.34. The molecule has 3 fully saturated rings. The molecule has 3 saturated carbocycles. The van der Waals surface area contributed by atoms with Crippen LogP contribution in [0.25, 0.3) is 39.2 Å². The number of hydrogen-bond donors (Lipinski definition) is 1. The summed E-state index contributed by atoms with van der Waals surface area (Å²) in [6.45, 7) is 15.7. The summed E-state index contributed by atoms with van der Waals surface area (Å²) in [5, 5.41) is 13.9. The minimum atomic E-state index is -4.35. The van der Waals surface area contributed by atoms with Crippen LogP contribution >= 0.6 is 8.58 Å². The molecule has 3 atom stereocenters. The molecule has 0 aliphatic heterocycles. The van der Waals surface area contributed by atoms with Crippen LogP contribution in [0.15, 0.2) is 95.6 Å². The van der Waals surface area contributed by atoms with E-state index < -0.39 is 46.4 Å². The Bertz CT molecular complexity index is 3390. The standard InChI is InChI=1S/C28H22F5N.C20H29N2OP.C17H19F3N3.2Ir.Pd/c1-16(28(2)11-4-5-12-28)21-15-19(20-10-3-6-13-34(20)21)17-8-7-9-18(14-17)22-23(29)25(31)27(33)26(32)24(22)30;1-19(2,24-16-11-7-6-8-12-16)18-21-17(23-22-18)15-20(3)13-9-4-5-10-14-20;1-11(16(2)9-3-4-10-16)14-21-15(23-22-14)12-5-7-13(8-6-12)17(18,19)20;;;/h3,6-7,9-10,13-14,16H,4-5,11-12H2,1-2H3;6-8,11-12,24H,4-5,9-10,13-15H2,1-3H3;5,7-8,11H,3-4,9-10H2,1-2H3,(H,21,22,23);;;/q-2;;-1;;;. The van der Waals surface area contributed by atoms with E-state index in [9.17, 15) is 35.1 Å². The molecule has 0 amide bonds. The quantitative estimate of drug-likeness (QED) is 0.0251. The van der Waals surface area contributed by atoms with Gasteiger partial charge in [-0.15, -0.1) is 52.6 Å². The molecule has 0 saturated heterocycles. The van der Waals surface area contributed by atoms with Crippen LogP contribution < -0.4 is 5.30 Å². The number of H-pyrrole nitrogens is 1. The fourth-order valence-corrected chi connectivity index (χ4v) is 13.4. The fourth-order valence-electron chi connectivity index (χ4n) is 12.1. The van der Waals surface area contributed by atoms with Gasteiger partial charge in [-0.1, -0.05) is 147 Å². The number of nitrogens with zero attached hydrogens (tertiary/aromatic N) is 5. The molecule has 7 nitrogen and oxygen atoms in total. The predicted octanol–water partition coefficient (Wildman–Crippen LogP) is 18.4. The van der Waals surface area contributed by atoms with Crippen LogP contribution in [0.5, 0.6) is 0 Å². The molecule has 3 aliphatic rings. The summed E-state index contributed by atoms with van der Waals surface area (Å²) >= 11 is 0. The van der Waals surface area contributed by atoms with Gasteiger partial charge in [0.15, 0.2) is 29.1 Å². The van der Waals surface area contributed by atoms with Crippen LogP contribution in [0.2, 0.25) is 0 Å². The Kier molecular flexibility index (Phi) is 23.5. The third kappa shape index (κ3) is 15.5. The second-order valence-corrected chi connectivity index (χ2v) is 26.1. The Labute approximate surface area is 530 Å². The first-order valence-electron chi connectivity index (χ1n) is 28.2. The average molecular weight is 1630 g/mol. The number of aromatic nitrogens is 6. The number of rotatable bonds is 12. The Hall–Kier alpha value is -4.25. The molecule has 4 heterocycles. The largest absolute Gasteiger partial charge is 0.395 e. The molecule has 1 N–H and O–H groups in total. The third-order valence-corrected chi connectivity index (χ3v) is 19.1. The van der Waals surface area contributed by atoms with E-state index in [0.29, 0.717) is 36.5 Å². The van der Waals surface area contributed by atoms with Crippen LogP contribution in [0.1, 0.15) is 179 Å². The van der Waals surface area contributed by atoms with Gasteiger partial charge >= 0.3 is 6.18 Å². The maximum atomic E-state index is 14.5. The van der Waals surface area contributed by atoms with Crippen molar-refractivity contribution in [1.82, 2.24) is 29.7 Å². The Balaban J connectivity index is 0.000000204. The number of aromatic amines is 1. The van der Waals surface area contributed by atoms with E-state index >= 15 is 0 Å². The van der Waals surface area contributed by atoms with Gasteiger partial charge in [0.1, 0.15) is 5.82 Å². The third-order valence-electron chi connectivity index (χ3n) is 17.6. The van der Waals surface area contributed by atoms with Gasteiger partial charge in [-0.2, -0.15) is 35.4 Å². The summed E-state index contributed by atoms with van der Waals surface area (Å²) < 4.78 is 116. The molecule has 4 aromatic heterocycles. The molecule has 11 rings (SSSR count). The first kappa shape index (κ1) is 68.9. The van der Waals surface area contributed by atoms with E-state index in [2.05, 4.69) is 122 Å². The summed E-state index contributed by atoms with van der Waals surface area (Å²) in [6, 6.07) is 32.9. The number of benzene rings is 4. The van der Waals surface area contributed by atoms with Gasteiger partial charge < -0.3 is 13.9 Å². The Morgan fingerprint density at radius 3 is 1.87 bits per heavy atom. The monoisotopic (exact) mass is 1630 g/mol. The SMILES string of the molecule is CC(c1[c-]c(-c2[c-]ccc(-c3c(F)c(F)c(F)c(F)c3F)c2)c2ccccn12)C1(C)CCCC1.CC(c1nnc(-c2[c-]cc(C(F)(F)F)cc2)[nH]1)C1(C)CCCC1.CC1(Cc2nc(C(C)(C)Pc3ccccc3)no2)CCCCCC1.[Ir].[Ir].[Pd]. The van der Waals surface area contributed by atoms with Crippen LogP contribution in [0, 0.1) is 63.5 Å². The Morgan fingerprint density at radius 1 is 0.690 bits per heavy atom. The summed E-state index contributed by atoms with van der Waals surface area (Å²) in [7, 11) is 0.636. The number of pyridine rings is 1. The second kappa shape index (κ2) is 28.7. The first-order valence-corrected chi connectivity index (χ1v) is 29.2. The molecule has 84 heavy (non-hydrogen) atoms. The van der Waals surface area contributed by atoms with Gasteiger partial charge in [0.05, 0.1) is 5.82 Å². The van der Waals surface area contributed by atoms with Crippen molar-refractivity contribution < 1.29 is 100 Å². The molecule has 19 heteroatoms. The van der Waals surface area contributed by atoms with Gasteiger partial charge in [0.25, 0.3) is 0 Å². The maximum absolute atomic E-state index is 14.5. The van der Waals surface area contributed by atoms with E-state index in [1.54, 1.807) is 0 Å². The van der Waals surface area contributed by atoms with E-state index in [4.69, 9.17) is 9.51 Å². The van der Waals surface area contributed by atoms with Crippen LogP contribution in [-0.4, -0.2) is 29.7 Å². The summed E-state index contributed by atoms with van der Waals surface area (Å²) in [6.07, 6.45) is 15.9. The first-order chi connectivity index (χ1) is 38.5. The number of nitrogens with one attached hydrogen (secondary N) is 1. The Morgan fingerprint density at radius 2 is 1.27 bits per heavy atom. The fraction of sp³-hybridized carbons (Fsp3) is 0.446. The summed E-state index contributed by atoms with van der Waals surface area (Å²) in [5.41, 5.74) is 2.31. The van der Waals surface area contributed by atoms with Crippen molar-refractivity contribution in [2.75, 3.05) is 0 Å². The zero-order valence-electron chi connectivity index (χ0n) is 48.1. The molecule has 2 radical (unpaired) electrons.